The van der Waals surface area contributed by atoms with Crippen molar-refractivity contribution >= 4 is 11.4 Å². The van der Waals surface area contributed by atoms with Crippen LogP contribution in [-0.4, -0.2) is 12.0 Å². The van der Waals surface area contributed by atoms with Gasteiger partial charge in [0.25, 0.3) is 5.69 Å². The van der Waals surface area contributed by atoms with E-state index in [4.69, 9.17) is 10.3 Å². The second-order valence-corrected chi connectivity index (χ2v) is 2.71. The van der Waals surface area contributed by atoms with Crippen LogP contribution in [0.4, 0.5) is 11.4 Å². The third-order valence-corrected chi connectivity index (χ3v) is 1.92. The van der Waals surface area contributed by atoms with Crippen molar-refractivity contribution < 1.29 is 9.66 Å². The average Bonchev–Trinajstić information content (AvgIpc) is 2.20. The predicted molar refractivity (Wildman–Crippen MR) is 53.2 cm³/mol. The van der Waals surface area contributed by atoms with Gasteiger partial charge in [0.1, 0.15) is 11.4 Å². The van der Waals surface area contributed by atoms with E-state index in [2.05, 4.69) is 10.0 Å². The van der Waals surface area contributed by atoms with Gasteiger partial charge in [-0.25, -0.2) is 0 Å². The van der Waals surface area contributed by atoms with Crippen molar-refractivity contribution in [1.29, 1.82) is 0 Å². The second-order valence-electron chi connectivity index (χ2n) is 2.71. The minimum atomic E-state index is -0.601. The van der Waals surface area contributed by atoms with Crippen molar-refractivity contribution in [2.75, 3.05) is 7.11 Å². The van der Waals surface area contributed by atoms with E-state index in [1.165, 1.54) is 19.2 Å². The third kappa shape index (κ3) is 1.97. The molecule has 0 bridgehead atoms. The standard InChI is InChI=1S/C8H8N4O3/c1-5-7(15-2)4-3-6(12(13)14)8(5)10-11-9/h3-4H,1-2H3. The number of nitrogens with zero attached hydrogens (tertiary/aromatic N) is 4. The van der Waals surface area contributed by atoms with Crippen molar-refractivity contribution in [3.05, 3.63) is 38.3 Å². The molecule has 0 fully saturated rings. The summed E-state index contributed by atoms with van der Waals surface area (Å²) in [5.74, 6) is 0.447. The largest absolute Gasteiger partial charge is 0.496 e. The Labute approximate surface area is 85.1 Å². The summed E-state index contributed by atoms with van der Waals surface area (Å²) in [4.78, 5) is 12.6. The highest BCUT2D eigenvalue weighted by molar-refractivity contribution is 5.66. The molecule has 78 valence electrons. The lowest BCUT2D eigenvalue weighted by atomic mass is 10.1. The SMILES string of the molecule is COc1ccc([N+](=O)[O-])c(N=[N+]=[N-])c1C. The number of nitro benzene ring substituents is 1. The van der Waals surface area contributed by atoms with Crippen molar-refractivity contribution in [1.82, 2.24) is 0 Å². The first-order valence-electron chi connectivity index (χ1n) is 3.99. The minimum Gasteiger partial charge on any atom is -0.496 e. The summed E-state index contributed by atoms with van der Waals surface area (Å²) < 4.78 is 4.96. The summed E-state index contributed by atoms with van der Waals surface area (Å²) in [6, 6.07) is 2.71. The molecular weight excluding hydrogens is 200 g/mol. The normalized spacial score (nSPS) is 9.20. The van der Waals surface area contributed by atoms with Gasteiger partial charge in [0, 0.05) is 16.5 Å². The number of azide groups is 1. The van der Waals surface area contributed by atoms with Gasteiger partial charge in [0.2, 0.25) is 0 Å². The molecule has 0 radical (unpaired) electrons. The van der Waals surface area contributed by atoms with Gasteiger partial charge in [-0.2, -0.15) is 0 Å². The van der Waals surface area contributed by atoms with E-state index in [-0.39, 0.29) is 11.4 Å². The number of methoxy groups -OCH3 is 1. The quantitative estimate of drug-likeness (QED) is 0.251. The summed E-state index contributed by atoms with van der Waals surface area (Å²) in [5.41, 5.74) is 8.51. The van der Waals surface area contributed by atoms with Crippen molar-refractivity contribution in [2.24, 2.45) is 5.11 Å². The first-order valence-corrected chi connectivity index (χ1v) is 3.99. The fraction of sp³-hybridized carbons (Fsp3) is 0.250. The maximum atomic E-state index is 10.6. The fourth-order valence-corrected chi connectivity index (χ4v) is 1.21. The first-order chi connectivity index (χ1) is 7.11. The molecule has 0 aliphatic rings. The summed E-state index contributed by atoms with van der Waals surface area (Å²) in [7, 11) is 1.44. The second kappa shape index (κ2) is 4.30. The summed E-state index contributed by atoms with van der Waals surface area (Å²) >= 11 is 0. The molecule has 0 heterocycles. The molecule has 0 aromatic heterocycles. The fourth-order valence-electron chi connectivity index (χ4n) is 1.21. The summed E-state index contributed by atoms with van der Waals surface area (Å²) in [6.45, 7) is 1.59. The van der Waals surface area contributed by atoms with Crippen LogP contribution in [0.1, 0.15) is 5.56 Å². The van der Waals surface area contributed by atoms with Gasteiger partial charge in [-0.05, 0) is 18.5 Å². The van der Waals surface area contributed by atoms with E-state index in [1.54, 1.807) is 6.92 Å². The van der Waals surface area contributed by atoms with Crippen molar-refractivity contribution in [3.8, 4) is 5.75 Å². The Morgan fingerprint density at radius 1 is 1.60 bits per heavy atom. The van der Waals surface area contributed by atoms with Crippen LogP contribution in [-0.2, 0) is 0 Å². The van der Waals surface area contributed by atoms with Gasteiger partial charge >= 0.3 is 0 Å². The van der Waals surface area contributed by atoms with Crippen LogP contribution >= 0.6 is 0 Å². The number of nitro groups is 1. The molecule has 0 aliphatic heterocycles. The van der Waals surface area contributed by atoms with E-state index in [9.17, 15) is 10.1 Å². The van der Waals surface area contributed by atoms with Gasteiger partial charge in [0.05, 0.1) is 12.0 Å². The highest BCUT2D eigenvalue weighted by Crippen LogP contribution is 2.36. The Balaban J connectivity index is 3.50. The van der Waals surface area contributed by atoms with Gasteiger partial charge in [-0.1, -0.05) is 5.11 Å². The molecule has 0 saturated heterocycles. The highest BCUT2D eigenvalue weighted by Gasteiger charge is 2.17. The zero-order valence-corrected chi connectivity index (χ0v) is 8.17. The molecular formula is C8H8N4O3. The number of hydrogen-bond acceptors (Lipinski definition) is 4. The van der Waals surface area contributed by atoms with E-state index < -0.39 is 4.92 Å². The van der Waals surface area contributed by atoms with Crippen LogP contribution < -0.4 is 4.74 Å². The van der Waals surface area contributed by atoms with Crippen LogP contribution in [0, 0.1) is 17.0 Å². The molecule has 0 atom stereocenters. The molecule has 15 heavy (non-hydrogen) atoms. The lowest BCUT2D eigenvalue weighted by Gasteiger charge is -2.06. The van der Waals surface area contributed by atoms with Crippen LogP contribution in [0.25, 0.3) is 10.4 Å². The average molecular weight is 208 g/mol. The number of benzene rings is 1. The number of hydrogen-bond donors (Lipinski definition) is 0. The van der Waals surface area contributed by atoms with Crippen molar-refractivity contribution in [3.63, 3.8) is 0 Å². The topological polar surface area (TPSA) is 101 Å². The van der Waals surface area contributed by atoms with Crippen LogP contribution in [0.5, 0.6) is 5.75 Å². The maximum absolute atomic E-state index is 10.6. The Morgan fingerprint density at radius 2 is 2.27 bits per heavy atom. The minimum absolute atomic E-state index is 0.0122. The highest BCUT2D eigenvalue weighted by atomic mass is 16.6. The van der Waals surface area contributed by atoms with E-state index >= 15 is 0 Å². The Bertz CT molecular complexity index is 451. The van der Waals surface area contributed by atoms with Gasteiger partial charge in [0.15, 0.2) is 0 Å². The predicted octanol–water partition coefficient (Wildman–Crippen LogP) is 2.85. The van der Waals surface area contributed by atoms with Gasteiger partial charge < -0.3 is 4.74 Å². The van der Waals surface area contributed by atoms with Crippen LogP contribution in [0.15, 0.2) is 17.2 Å². The maximum Gasteiger partial charge on any atom is 0.279 e. The number of rotatable bonds is 3. The molecule has 1 aromatic rings. The Kier molecular flexibility index (Phi) is 3.10. The number of ether oxygens (including phenoxy) is 1. The molecule has 0 unspecified atom stereocenters. The molecule has 0 amide bonds. The summed E-state index contributed by atoms with van der Waals surface area (Å²) in [5, 5.41) is 13.9. The molecule has 7 nitrogen and oxygen atoms in total. The molecule has 0 saturated carbocycles. The zero-order valence-electron chi connectivity index (χ0n) is 8.17. The molecule has 0 N–H and O–H groups in total. The van der Waals surface area contributed by atoms with Crippen molar-refractivity contribution in [2.45, 2.75) is 6.92 Å². The summed E-state index contributed by atoms with van der Waals surface area (Å²) in [6.07, 6.45) is 0. The van der Waals surface area contributed by atoms with Crippen LogP contribution in [0.3, 0.4) is 0 Å². The molecule has 1 aromatic carbocycles. The van der Waals surface area contributed by atoms with E-state index in [0.717, 1.165) is 0 Å². The Hall–Kier alpha value is -2.27. The molecule has 0 spiro atoms. The monoisotopic (exact) mass is 208 g/mol. The van der Waals surface area contributed by atoms with Gasteiger partial charge in [-0.3, -0.25) is 10.1 Å². The smallest absolute Gasteiger partial charge is 0.279 e. The van der Waals surface area contributed by atoms with Crippen LogP contribution in [0.2, 0.25) is 0 Å². The third-order valence-electron chi connectivity index (χ3n) is 1.92. The lowest BCUT2D eigenvalue weighted by Crippen LogP contribution is -1.93. The molecule has 0 aliphatic carbocycles. The Morgan fingerprint density at radius 3 is 2.73 bits per heavy atom. The molecule has 1 rings (SSSR count). The molecule has 7 heteroatoms. The first kappa shape index (κ1) is 10.8. The van der Waals surface area contributed by atoms with E-state index in [0.29, 0.717) is 11.3 Å². The zero-order chi connectivity index (χ0) is 11.4. The van der Waals surface area contributed by atoms with Gasteiger partial charge in [-0.15, -0.1) is 0 Å². The lowest BCUT2D eigenvalue weighted by molar-refractivity contribution is -0.384. The van der Waals surface area contributed by atoms with E-state index in [1.807, 2.05) is 0 Å².